The number of ether oxygens (including phenoxy) is 6. The molecule has 0 fully saturated rings. The summed E-state index contributed by atoms with van der Waals surface area (Å²) in [5.41, 5.74) is -2.82. The van der Waals surface area contributed by atoms with Crippen LogP contribution in [0.15, 0.2) is 0 Å². The molecule has 1 N–H and O–H groups in total. The lowest BCUT2D eigenvalue weighted by Gasteiger charge is -2.24. The number of hydrogen-bond acceptors (Lipinski definition) is 13. The van der Waals surface area contributed by atoms with Crippen LogP contribution in [-0.2, 0) is 57.2 Å². The summed E-state index contributed by atoms with van der Waals surface area (Å²) in [6.45, 7) is 2.14. The fourth-order valence-corrected chi connectivity index (χ4v) is 1.93. The van der Waals surface area contributed by atoms with Gasteiger partial charge in [-0.05, 0) is 20.8 Å². The lowest BCUT2D eigenvalue weighted by atomic mass is 9.95. The van der Waals surface area contributed by atoms with Crippen LogP contribution in [0.2, 0.25) is 0 Å². The molecule has 0 amide bonds. The topological polar surface area (TPSA) is 178 Å². The normalized spacial score (nSPS) is 10.5. The number of aliphatic hydroxyl groups is 1. The number of hydrogen-bond donors (Lipinski definition) is 1. The maximum atomic E-state index is 12.2. The molecule has 0 saturated heterocycles. The van der Waals surface area contributed by atoms with E-state index >= 15 is 0 Å². The molecule has 176 valence electrons. The van der Waals surface area contributed by atoms with Crippen LogP contribution in [0.4, 0.5) is 0 Å². The largest absolute Gasteiger partial charge is 0.463 e. The summed E-state index contributed by atoms with van der Waals surface area (Å²) in [5.74, 6) is -6.71. The van der Waals surface area contributed by atoms with E-state index in [-0.39, 0.29) is 19.8 Å². The molecule has 0 unspecified atom stereocenters. The Bertz CT molecular complexity index is 619. The Morgan fingerprint density at radius 3 is 1.19 bits per heavy atom. The summed E-state index contributed by atoms with van der Waals surface area (Å²) < 4.78 is 27.4. The van der Waals surface area contributed by atoms with Crippen molar-refractivity contribution in [3.8, 4) is 0 Å². The lowest BCUT2D eigenvalue weighted by molar-refractivity contribution is -0.182. The fraction of sp³-hybridized carbons (Fsp3) is 0.667. The Balaban J connectivity index is 5.12. The maximum absolute atomic E-state index is 12.2. The van der Waals surface area contributed by atoms with E-state index in [2.05, 4.69) is 28.4 Å². The SMILES string of the molecule is CCOC(=O)COC(=O)CC(O)(CC(=O)OCC(=O)OCC)C(=O)OCC(=O)OCC. The van der Waals surface area contributed by atoms with Crippen LogP contribution in [0.3, 0.4) is 0 Å². The molecule has 0 aromatic carbocycles. The Hall–Kier alpha value is -3.22. The van der Waals surface area contributed by atoms with Crippen LogP contribution in [0.5, 0.6) is 0 Å². The quantitative estimate of drug-likeness (QED) is 0.247. The Labute approximate surface area is 177 Å². The maximum Gasteiger partial charge on any atom is 0.344 e. The van der Waals surface area contributed by atoms with E-state index in [9.17, 15) is 33.9 Å². The van der Waals surface area contributed by atoms with Crippen molar-refractivity contribution in [3.05, 3.63) is 0 Å². The summed E-state index contributed by atoms with van der Waals surface area (Å²) >= 11 is 0. The Morgan fingerprint density at radius 2 is 0.871 bits per heavy atom. The number of carbonyl (C=O) groups excluding carboxylic acids is 6. The molecule has 0 bridgehead atoms. The molecule has 0 spiro atoms. The van der Waals surface area contributed by atoms with E-state index in [1.54, 1.807) is 0 Å². The highest BCUT2D eigenvalue weighted by Gasteiger charge is 2.44. The minimum Gasteiger partial charge on any atom is -0.463 e. The lowest BCUT2D eigenvalue weighted by Crippen LogP contribution is -2.45. The molecule has 0 aromatic heterocycles. The summed E-state index contributed by atoms with van der Waals surface area (Å²) in [4.78, 5) is 69.9. The zero-order valence-corrected chi connectivity index (χ0v) is 17.5. The molecule has 0 aliphatic rings. The summed E-state index contributed by atoms with van der Waals surface area (Å²) in [6.07, 6.45) is -2.24. The Kier molecular flexibility index (Phi) is 13.2. The van der Waals surface area contributed by atoms with E-state index in [0.717, 1.165) is 0 Å². The number of rotatable bonds is 14. The molecule has 0 aromatic rings. The zero-order valence-electron chi connectivity index (χ0n) is 17.5. The highest BCUT2D eigenvalue weighted by molar-refractivity contribution is 5.91. The van der Waals surface area contributed by atoms with Crippen LogP contribution >= 0.6 is 0 Å². The van der Waals surface area contributed by atoms with Crippen molar-refractivity contribution in [2.75, 3.05) is 39.6 Å². The predicted octanol–water partition coefficient (Wildman–Crippen LogP) is -1.18. The van der Waals surface area contributed by atoms with Gasteiger partial charge in [0.2, 0.25) is 0 Å². The van der Waals surface area contributed by atoms with Gasteiger partial charge < -0.3 is 33.5 Å². The van der Waals surface area contributed by atoms with Crippen molar-refractivity contribution < 1.29 is 62.3 Å². The standard InChI is InChI=1S/C18H26O13/c1-4-26-14(21)9-29-12(19)7-18(25,17(24)31-11-16(23)28-6-3)8-13(20)30-10-15(22)27-5-2/h25H,4-11H2,1-3H3. The summed E-state index contributed by atoms with van der Waals surface area (Å²) in [5, 5.41) is 10.5. The van der Waals surface area contributed by atoms with Crippen LogP contribution in [0, 0.1) is 0 Å². The first-order valence-corrected chi connectivity index (χ1v) is 9.25. The van der Waals surface area contributed by atoms with Gasteiger partial charge in [-0.1, -0.05) is 0 Å². The molecule has 13 heteroatoms. The second-order valence-corrected chi connectivity index (χ2v) is 5.70. The van der Waals surface area contributed by atoms with Crippen LogP contribution in [-0.4, -0.2) is 86.2 Å². The van der Waals surface area contributed by atoms with Gasteiger partial charge >= 0.3 is 35.8 Å². The van der Waals surface area contributed by atoms with E-state index < -0.39 is 74.1 Å². The molecule has 0 saturated carbocycles. The monoisotopic (exact) mass is 450 g/mol. The van der Waals surface area contributed by atoms with Gasteiger partial charge in [0, 0.05) is 0 Å². The van der Waals surface area contributed by atoms with Crippen molar-refractivity contribution >= 4 is 35.8 Å². The molecular weight excluding hydrogens is 424 g/mol. The fourth-order valence-electron chi connectivity index (χ4n) is 1.93. The van der Waals surface area contributed by atoms with E-state index in [1.165, 1.54) is 20.8 Å². The molecule has 31 heavy (non-hydrogen) atoms. The van der Waals surface area contributed by atoms with Crippen LogP contribution in [0.25, 0.3) is 0 Å². The molecule has 0 aliphatic heterocycles. The zero-order chi connectivity index (χ0) is 23.9. The third-order valence-corrected chi connectivity index (χ3v) is 3.19. The third-order valence-electron chi connectivity index (χ3n) is 3.19. The number of carbonyl (C=O) groups is 6. The average Bonchev–Trinajstić information content (AvgIpc) is 2.69. The molecule has 0 rings (SSSR count). The van der Waals surface area contributed by atoms with Crippen molar-refractivity contribution in [2.45, 2.75) is 39.2 Å². The highest BCUT2D eigenvalue weighted by atomic mass is 16.6. The molecule has 0 radical (unpaired) electrons. The van der Waals surface area contributed by atoms with E-state index in [4.69, 9.17) is 0 Å². The molecule has 0 heterocycles. The minimum atomic E-state index is -2.82. The molecular formula is C18H26O13. The second kappa shape index (κ2) is 14.7. The van der Waals surface area contributed by atoms with Crippen LogP contribution in [0.1, 0.15) is 33.6 Å². The van der Waals surface area contributed by atoms with Gasteiger partial charge in [-0.3, -0.25) is 9.59 Å². The van der Waals surface area contributed by atoms with Gasteiger partial charge in [0.15, 0.2) is 25.4 Å². The highest BCUT2D eigenvalue weighted by Crippen LogP contribution is 2.20. The second-order valence-electron chi connectivity index (χ2n) is 5.70. The third kappa shape index (κ3) is 12.2. The molecule has 13 nitrogen and oxygen atoms in total. The smallest absolute Gasteiger partial charge is 0.344 e. The van der Waals surface area contributed by atoms with E-state index in [0.29, 0.717) is 0 Å². The molecule has 0 aliphatic carbocycles. The summed E-state index contributed by atoms with van der Waals surface area (Å²) in [7, 11) is 0. The predicted molar refractivity (Wildman–Crippen MR) is 97.0 cm³/mol. The average molecular weight is 450 g/mol. The first-order chi connectivity index (χ1) is 14.6. The first-order valence-electron chi connectivity index (χ1n) is 9.25. The minimum absolute atomic E-state index is 0.00101. The van der Waals surface area contributed by atoms with Gasteiger partial charge in [-0.15, -0.1) is 0 Å². The van der Waals surface area contributed by atoms with Crippen LogP contribution < -0.4 is 0 Å². The Morgan fingerprint density at radius 1 is 0.548 bits per heavy atom. The van der Waals surface area contributed by atoms with Gasteiger partial charge in [-0.25, -0.2) is 19.2 Å². The van der Waals surface area contributed by atoms with Gasteiger partial charge in [0.05, 0.1) is 32.7 Å². The summed E-state index contributed by atoms with van der Waals surface area (Å²) in [6, 6.07) is 0. The van der Waals surface area contributed by atoms with Crippen molar-refractivity contribution in [3.63, 3.8) is 0 Å². The van der Waals surface area contributed by atoms with Gasteiger partial charge in [-0.2, -0.15) is 0 Å². The van der Waals surface area contributed by atoms with Gasteiger partial charge in [0.1, 0.15) is 0 Å². The number of esters is 6. The van der Waals surface area contributed by atoms with Crippen molar-refractivity contribution in [1.82, 2.24) is 0 Å². The van der Waals surface area contributed by atoms with Crippen molar-refractivity contribution in [2.24, 2.45) is 0 Å². The van der Waals surface area contributed by atoms with Crippen molar-refractivity contribution in [1.29, 1.82) is 0 Å². The van der Waals surface area contributed by atoms with E-state index in [1.807, 2.05) is 0 Å². The van der Waals surface area contributed by atoms with Gasteiger partial charge in [0.25, 0.3) is 0 Å². The molecule has 0 atom stereocenters. The first kappa shape index (κ1) is 27.8.